The minimum atomic E-state index is -0.583. The smallest absolute Gasteiger partial charge is 0.291 e. The molecule has 0 saturated heterocycles. The molecule has 0 aliphatic heterocycles. The Labute approximate surface area is 182 Å². The van der Waals surface area contributed by atoms with E-state index >= 15 is 0 Å². The van der Waals surface area contributed by atoms with E-state index in [1.54, 1.807) is 37.3 Å². The van der Waals surface area contributed by atoms with E-state index in [2.05, 4.69) is 16.0 Å². The van der Waals surface area contributed by atoms with Crippen LogP contribution in [0.4, 0.5) is 17.1 Å². The molecule has 0 spiro atoms. The quantitative estimate of drug-likeness (QED) is 0.310. The number of nitrogens with one attached hydrogen (secondary N) is 3. The van der Waals surface area contributed by atoms with Crippen molar-refractivity contribution in [3.8, 4) is 0 Å². The van der Waals surface area contributed by atoms with E-state index < -0.39 is 16.7 Å². The number of benzene rings is 2. The Morgan fingerprint density at radius 1 is 1.00 bits per heavy atom. The SMILES string of the molecule is Cc1ccc(NC(=O)c2ccco2)cc1NC(=S)NC(=O)c1ccc(C)c([N+](=O)[O-])c1. The fourth-order valence-corrected chi connectivity index (χ4v) is 2.91. The van der Waals surface area contributed by atoms with Crippen LogP contribution in [0.5, 0.6) is 0 Å². The van der Waals surface area contributed by atoms with Crippen molar-refractivity contribution >= 4 is 46.2 Å². The molecule has 3 N–H and O–H groups in total. The predicted molar refractivity (Wildman–Crippen MR) is 119 cm³/mol. The van der Waals surface area contributed by atoms with Gasteiger partial charge in [-0.1, -0.05) is 12.1 Å². The summed E-state index contributed by atoms with van der Waals surface area (Å²) in [5.74, 6) is -0.817. The third-order valence-corrected chi connectivity index (χ3v) is 4.59. The zero-order valence-electron chi connectivity index (χ0n) is 16.6. The normalized spacial score (nSPS) is 10.3. The molecule has 1 heterocycles. The summed E-state index contributed by atoms with van der Waals surface area (Å²) in [6.45, 7) is 3.42. The van der Waals surface area contributed by atoms with E-state index in [-0.39, 0.29) is 22.1 Å². The summed E-state index contributed by atoms with van der Waals surface area (Å²) in [5, 5.41) is 19.2. The Morgan fingerprint density at radius 2 is 1.74 bits per heavy atom. The molecule has 1 aromatic heterocycles. The summed E-state index contributed by atoms with van der Waals surface area (Å²) < 4.78 is 5.06. The number of furan rings is 1. The first kappa shape index (κ1) is 21.7. The first-order valence-electron chi connectivity index (χ1n) is 9.07. The number of hydrogen-bond acceptors (Lipinski definition) is 6. The van der Waals surface area contributed by atoms with Gasteiger partial charge in [-0.3, -0.25) is 25.0 Å². The van der Waals surface area contributed by atoms with Crippen molar-refractivity contribution in [1.29, 1.82) is 0 Å². The van der Waals surface area contributed by atoms with Gasteiger partial charge in [0.15, 0.2) is 10.9 Å². The number of anilines is 2. The van der Waals surface area contributed by atoms with E-state index in [1.807, 2.05) is 6.92 Å². The van der Waals surface area contributed by atoms with Crippen LogP contribution in [-0.4, -0.2) is 21.9 Å². The number of carbonyl (C=O) groups is 2. The van der Waals surface area contributed by atoms with Crippen LogP contribution in [0.2, 0.25) is 0 Å². The number of hydrogen-bond donors (Lipinski definition) is 3. The van der Waals surface area contributed by atoms with Crippen molar-refractivity contribution < 1.29 is 18.9 Å². The molecule has 9 nitrogen and oxygen atoms in total. The van der Waals surface area contributed by atoms with E-state index in [4.69, 9.17) is 16.6 Å². The van der Waals surface area contributed by atoms with Crippen LogP contribution in [0.25, 0.3) is 0 Å². The highest BCUT2D eigenvalue weighted by Crippen LogP contribution is 2.22. The van der Waals surface area contributed by atoms with Gasteiger partial charge < -0.3 is 15.1 Å². The third-order valence-electron chi connectivity index (χ3n) is 4.38. The summed E-state index contributed by atoms with van der Waals surface area (Å²) in [7, 11) is 0. The second-order valence-electron chi connectivity index (χ2n) is 6.63. The van der Waals surface area contributed by atoms with Crippen molar-refractivity contribution in [2.24, 2.45) is 0 Å². The Kier molecular flexibility index (Phi) is 6.41. The largest absolute Gasteiger partial charge is 0.459 e. The molecule has 0 atom stereocenters. The average molecular weight is 438 g/mol. The van der Waals surface area contributed by atoms with Crippen LogP contribution in [0.1, 0.15) is 32.0 Å². The van der Waals surface area contributed by atoms with Gasteiger partial charge >= 0.3 is 0 Å². The van der Waals surface area contributed by atoms with Crippen LogP contribution in [-0.2, 0) is 0 Å². The Balaban J connectivity index is 1.69. The number of nitro benzene ring substituents is 1. The molecule has 0 unspecified atom stereocenters. The third kappa shape index (κ3) is 5.31. The minimum Gasteiger partial charge on any atom is -0.459 e. The topological polar surface area (TPSA) is 127 Å². The van der Waals surface area contributed by atoms with Crippen LogP contribution in [0.3, 0.4) is 0 Å². The lowest BCUT2D eigenvalue weighted by atomic mass is 10.1. The van der Waals surface area contributed by atoms with Gasteiger partial charge in [0.05, 0.1) is 11.2 Å². The lowest BCUT2D eigenvalue weighted by Gasteiger charge is -2.13. The monoisotopic (exact) mass is 438 g/mol. The lowest BCUT2D eigenvalue weighted by Crippen LogP contribution is -2.34. The molecule has 0 bridgehead atoms. The molecular formula is C21H18N4O5S. The van der Waals surface area contributed by atoms with Gasteiger partial charge in [0.2, 0.25) is 0 Å². The van der Waals surface area contributed by atoms with Crippen molar-refractivity contribution in [3.63, 3.8) is 0 Å². The Morgan fingerprint density at radius 3 is 2.42 bits per heavy atom. The van der Waals surface area contributed by atoms with Gasteiger partial charge in [0.25, 0.3) is 17.5 Å². The average Bonchev–Trinajstić information content (AvgIpc) is 3.25. The van der Waals surface area contributed by atoms with Crippen LogP contribution in [0.15, 0.2) is 59.2 Å². The molecule has 0 saturated carbocycles. The predicted octanol–water partition coefficient (Wildman–Crippen LogP) is 4.18. The molecule has 0 radical (unpaired) electrons. The van der Waals surface area contributed by atoms with Crippen LogP contribution < -0.4 is 16.0 Å². The van der Waals surface area contributed by atoms with E-state index in [1.165, 1.54) is 24.5 Å². The molecule has 0 fully saturated rings. The molecule has 3 aromatic rings. The molecule has 2 amide bonds. The Hall–Kier alpha value is -4.05. The van der Waals surface area contributed by atoms with Gasteiger partial charge in [0.1, 0.15) is 0 Å². The number of nitrogens with zero attached hydrogens (tertiary/aromatic N) is 1. The maximum atomic E-state index is 12.4. The standard InChI is InChI=1S/C21H18N4O5S/c1-12-6-8-15(22-20(27)18-4-3-9-30-18)11-16(12)23-21(31)24-19(26)14-7-5-13(2)17(10-14)25(28)29/h3-11H,1-2H3,(H,22,27)(H2,23,24,26,31). The second-order valence-corrected chi connectivity index (χ2v) is 7.04. The highest BCUT2D eigenvalue weighted by Gasteiger charge is 2.16. The second kappa shape index (κ2) is 9.18. The molecule has 31 heavy (non-hydrogen) atoms. The summed E-state index contributed by atoms with van der Waals surface area (Å²) in [5.41, 5.74) is 2.29. The number of amides is 2. The zero-order chi connectivity index (χ0) is 22.5. The van der Waals surface area contributed by atoms with Crippen molar-refractivity contribution in [3.05, 3.63) is 87.4 Å². The number of aryl methyl sites for hydroxylation is 2. The summed E-state index contributed by atoms with van der Waals surface area (Å²) in [6, 6.07) is 12.5. The van der Waals surface area contributed by atoms with Crippen molar-refractivity contribution in [2.75, 3.05) is 10.6 Å². The number of rotatable bonds is 5. The summed E-state index contributed by atoms with van der Waals surface area (Å²) in [6.07, 6.45) is 1.40. The fourth-order valence-electron chi connectivity index (χ4n) is 2.71. The molecule has 2 aromatic carbocycles. The highest BCUT2D eigenvalue weighted by molar-refractivity contribution is 7.80. The molecule has 10 heteroatoms. The lowest BCUT2D eigenvalue weighted by molar-refractivity contribution is -0.385. The van der Waals surface area contributed by atoms with Gasteiger partial charge in [-0.05, 0) is 62.0 Å². The summed E-state index contributed by atoms with van der Waals surface area (Å²) in [4.78, 5) is 35.1. The summed E-state index contributed by atoms with van der Waals surface area (Å²) >= 11 is 5.20. The number of thiocarbonyl (C=S) groups is 1. The molecule has 3 rings (SSSR count). The highest BCUT2D eigenvalue weighted by atomic mass is 32.1. The minimum absolute atomic E-state index is 0.00541. The van der Waals surface area contributed by atoms with Gasteiger partial charge in [0, 0.05) is 28.6 Å². The van der Waals surface area contributed by atoms with Crippen molar-refractivity contribution in [1.82, 2.24) is 5.32 Å². The van der Waals surface area contributed by atoms with E-state index in [9.17, 15) is 19.7 Å². The van der Waals surface area contributed by atoms with Gasteiger partial charge in [-0.25, -0.2) is 0 Å². The fraction of sp³-hybridized carbons (Fsp3) is 0.0952. The van der Waals surface area contributed by atoms with Crippen LogP contribution >= 0.6 is 12.2 Å². The van der Waals surface area contributed by atoms with E-state index in [0.29, 0.717) is 16.9 Å². The van der Waals surface area contributed by atoms with Crippen LogP contribution in [0, 0.1) is 24.0 Å². The number of carbonyl (C=O) groups excluding carboxylic acids is 2. The van der Waals surface area contributed by atoms with E-state index in [0.717, 1.165) is 5.56 Å². The first-order valence-corrected chi connectivity index (χ1v) is 9.48. The molecular weight excluding hydrogens is 420 g/mol. The molecule has 158 valence electrons. The van der Waals surface area contributed by atoms with Gasteiger partial charge in [-0.2, -0.15) is 0 Å². The van der Waals surface area contributed by atoms with Crippen molar-refractivity contribution in [2.45, 2.75) is 13.8 Å². The Bertz CT molecular complexity index is 1170. The van der Waals surface area contributed by atoms with Gasteiger partial charge in [-0.15, -0.1) is 0 Å². The number of nitro groups is 1. The zero-order valence-corrected chi connectivity index (χ0v) is 17.4. The molecule has 0 aliphatic carbocycles. The maximum Gasteiger partial charge on any atom is 0.291 e. The first-order chi connectivity index (χ1) is 14.7. The molecule has 0 aliphatic rings. The maximum absolute atomic E-state index is 12.4.